The number of urea groups is 1. The third-order valence-electron chi connectivity index (χ3n) is 2.92. The molecular formula is C15H13F3N2O2. The Morgan fingerprint density at radius 1 is 1.05 bits per heavy atom. The molecule has 4 nitrogen and oxygen atoms in total. The second-order valence-corrected chi connectivity index (χ2v) is 4.48. The van der Waals surface area contributed by atoms with Crippen LogP contribution in [0.1, 0.15) is 11.7 Å². The predicted molar refractivity (Wildman–Crippen MR) is 74.7 cm³/mol. The molecule has 0 saturated carbocycles. The smallest absolute Gasteiger partial charge is 0.319 e. The van der Waals surface area contributed by atoms with Gasteiger partial charge in [0.2, 0.25) is 0 Å². The van der Waals surface area contributed by atoms with Gasteiger partial charge in [-0.1, -0.05) is 30.3 Å². The van der Waals surface area contributed by atoms with Crippen LogP contribution in [-0.2, 0) is 0 Å². The number of nitrogens with one attached hydrogen (secondary N) is 2. The zero-order chi connectivity index (χ0) is 16.1. The first-order chi connectivity index (χ1) is 10.5. The number of aliphatic hydroxyl groups is 1. The van der Waals surface area contributed by atoms with Crippen molar-refractivity contribution in [2.75, 3.05) is 11.9 Å². The number of halogens is 3. The molecule has 0 aliphatic carbocycles. The summed E-state index contributed by atoms with van der Waals surface area (Å²) in [5.74, 6) is -4.50. The van der Waals surface area contributed by atoms with Gasteiger partial charge in [-0.15, -0.1) is 0 Å². The van der Waals surface area contributed by atoms with Crippen molar-refractivity contribution < 1.29 is 23.1 Å². The first-order valence-corrected chi connectivity index (χ1v) is 6.40. The van der Waals surface area contributed by atoms with Crippen LogP contribution in [0.25, 0.3) is 0 Å². The van der Waals surface area contributed by atoms with E-state index in [4.69, 9.17) is 0 Å². The van der Waals surface area contributed by atoms with E-state index in [-0.39, 0.29) is 6.54 Å². The summed E-state index contributed by atoms with van der Waals surface area (Å²) in [6.45, 7) is -0.124. The molecule has 0 aliphatic rings. The number of benzene rings is 2. The van der Waals surface area contributed by atoms with Crippen molar-refractivity contribution in [2.24, 2.45) is 0 Å². The van der Waals surface area contributed by atoms with Gasteiger partial charge in [0.15, 0.2) is 17.5 Å². The lowest BCUT2D eigenvalue weighted by atomic mass is 10.1. The van der Waals surface area contributed by atoms with Gasteiger partial charge in [0.25, 0.3) is 0 Å². The predicted octanol–water partition coefficient (Wildman–Crippen LogP) is 2.96. The minimum atomic E-state index is -1.66. The second-order valence-electron chi connectivity index (χ2n) is 4.48. The lowest BCUT2D eigenvalue weighted by molar-refractivity contribution is 0.175. The van der Waals surface area contributed by atoms with Gasteiger partial charge in [-0.25, -0.2) is 18.0 Å². The largest absolute Gasteiger partial charge is 0.387 e. The standard InChI is InChI=1S/C15H13F3N2O2/c16-10-6-7-11(14(18)13(10)17)20-15(22)19-8-12(21)9-4-2-1-3-5-9/h1-7,12,21H,8H2,(H2,19,20,22). The van der Waals surface area contributed by atoms with Crippen LogP contribution >= 0.6 is 0 Å². The molecule has 3 N–H and O–H groups in total. The fourth-order valence-corrected chi connectivity index (χ4v) is 1.77. The number of anilines is 1. The number of aliphatic hydroxyl groups excluding tert-OH is 1. The Hall–Kier alpha value is -2.54. The van der Waals surface area contributed by atoms with Crippen LogP contribution in [0.2, 0.25) is 0 Å². The Labute approximate surface area is 124 Å². The maximum Gasteiger partial charge on any atom is 0.319 e. The maximum atomic E-state index is 13.4. The van der Waals surface area contributed by atoms with Gasteiger partial charge in [0.05, 0.1) is 11.8 Å². The Bertz CT molecular complexity index is 665. The highest BCUT2D eigenvalue weighted by Crippen LogP contribution is 2.19. The zero-order valence-corrected chi connectivity index (χ0v) is 11.3. The van der Waals surface area contributed by atoms with Gasteiger partial charge in [0, 0.05) is 6.54 Å². The van der Waals surface area contributed by atoms with E-state index in [1.54, 1.807) is 30.3 Å². The van der Waals surface area contributed by atoms with Crippen molar-refractivity contribution in [3.8, 4) is 0 Å². The van der Waals surface area contributed by atoms with Crippen LogP contribution < -0.4 is 10.6 Å². The van der Waals surface area contributed by atoms with Gasteiger partial charge in [-0.2, -0.15) is 0 Å². The fourth-order valence-electron chi connectivity index (χ4n) is 1.77. The van der Waals surface area contributed by atoms with Gasteiger partial charge in [0.1, 0.15) is 0 Å². The average Bonchev–Trinajstić information content (AvgIpc) is 2.54. The van der Waals surface area contributed by atoms with Crippen LogP contribution in [0.15, 0.2) is 42.5 Å². The molecule has 0 spiro atoms. The van der Waals surface area contributed by atoms with Gasteiger partial charge in [-0.3, -0.25) is 0 Å². The summed E-state index contributed by atoms with van der Waals surface area (Å²) < 4.78 is 39.2. The van der Waals surface area contributed by atoms with Crippen molar-refractivity contribution in [1.82, 2.24) is 5.32 Å². The SMILES string of the molecule is O=C(NCC(O)c1ccccc1)Nc1ccc(F)c(F)c1F. The third kappa shape index (κ3) is 3.76. The topological polar surface area (TPSA) is 61.4 Å². The number of amides is 2. The van der Waals surface area contributed by atoms with E-state index in [0.717, 1.165) is 6.07 Å². The number of hydrogen-bond acceptors (Lipinski definition) is 2. The molecule has 2 aromatic carbocycles. The number of carbonyl (C=O) groups excluding carboxylic acids is 1. The highest BCUT2D eigenvalue weighted by molar-refractivity contribution is 5.89. The van der Waals surface area contributed by atoms with Gasteiger partial charge >= 0.3 is 6.03 Å². The number of carbonyl (C=O) groups is 1. The molecule has 7 heteroatoms. The van der Waals surface area contributed by atoms with Crippen molar-refractivity contribution in [1.29, 1.82) is 0 Å². The minimum absolute atomic E-state index is 0.124. The molecule has 0 radical (unpaired) electrons. The first-order valence-electron chi connectivity index (χ1n) is 6.40. The summed E-state index contributed by atoms with van der Waals surface area (Å²) in [6.07, 6.45) is -0.943. The lowest BCUT2D eigenvalue weighted by Crippen LogP contribution is -2.32. The lowest BCUT2D eigenvalue weighted by Gasteiger charge is -2.13. The Morgan fingerprint density at radius 2 is 1.73 bits per heavy atom. The van der Waals surface area contributed by atoms with E-state index >= 15 is 0 Å². The molecule has 0 fully saturated rings. The number of rotatable bonds is 4. The van der Waals surface area contributed by atoms with Crippen molar-refractivity contribution in [3.05, 3.63) is 65.5 Å². The van der Waals surface area contributed by atoms with E-state index in [9.17, 15) is 23.1 Å². The maximum absolute atomic E-state index is 13.4. The number of hydrogen-bond donors (Lipinski definition) is 3. The molecular weight excluding hydrogens is 297 g/mol. The van der Waals surface area contributed by atoms with Gasteiger partial charge < -0.3 is 15.7 Å². The summed E-state index contributed by atoms with van der Waals surface area (Å²) in [4.78, 5) is 11.6. The molecule has 22 heavy (non-hydrogen) atoms. The molecule has 0 aliphatic heterocycles. The first kappa shape index (κ1) is 15.8. The van der Waals surface area contributed by atoms with Crippen LogP contribution in [0, 0.1) is 17.5 Å². The molecule has 0 bridgehead atoms. The van der Waals surface area contributed by atoms with Crippen LogP contribution in [-0.4, -0.2) is 17.7 Å². The average molecular weight is 310 g/mol. The fraction of sp³-hybridized carbons (Fsp3) is 0.133. The van der Waals surface area contributed by atoms with E-state index in [1.165, 1.54) is 0 Å². The minimum Gasteiger partial charge on any atom is -0.387 e. The van der Waals surface area contributed by atoms with Crippen LogP contribution in [0.4, 0.5) is 23.7 Å². The van der Waals surface area contributed by atoms with E-state index < -0.39 is 35.3 Å². The molecule has 116 valence electrons. The molecule has 0 saturated heterocycles. The molecule has 1 atom stereocenters. The Morgan fingerprint density at radius 3 is 2.41 bits per heavy atom. The van der Waals surface area contributed by atoms with E-state index in [1.807, 2.05) is 5.32 Å². The summed E-state index contributed by atoms with van der Waals surface area (Å²) in [6, 6.07) is 9.36. The Balaban J connectivity index is 1.92. The van der Waals surface area contributed by atoms with Crippen LogP contribution in [0.5, 0.6) is 0 Å². The monoisotopic (exact) mass is 310 g/mol. The third-order valence-corrected chi connectivity index (χ3v) is 2.92. The Kier molecular flexibility index (Phi) is 5.00. The highest BCUT2D eigenvalue weighted by Gasteiger charge is 2.15. The van der Waals surface area contributed by atoms with Gasteiger partial charge in [-0.05, 0) is 17.7 Å². The molecule has 2 aromatic rings. The van der Waals surface area contributed by atoms with E-state index in [2.05, 4.69) is 5.32 Å². The van der Waals surface area contributed by atoms with Crippen LogP contribution in [0.3, 0.4) is 0 Å². The second kappa shape index (κ2) is 6.95. The molecule has 1 unspecified atom stereocenters. The summed E-state index contributed by atoms with van der Waals surface area (Å²) >= 11 is 0. The van der Waals surface area contributed by atoms with Crippen molar-refractivity contribution in [3.63, 3.8) is 0 Å². The molecule has 2 amide bonds. The van der Waals surface area contributed by atoms with Crippen molar-refractivity contribution >= 4 is 11.7 Å². The summed E-state index contributed by atoms with van der Waals surface area (Å²) in [5, 5.41) is 14.2. The molecule has 2 rings (SSSR count). The van der Waals surface area contributed by atoms with E-state index in [0.29, 0.717) is 11.6 Å². The normalized spacial score (nSPS) is 11.8. The summed E-state index contributed by atoms with van der Waals surface area (Å²) in [5.41, 5.74) is 0.104. The zero-order valence-electron chi connectivity index (χ0n) is 11.3. The van der Waals surface area contributed by atoms with Crippen molar-refractivity contribution in [2.45, 2.75) is 6.10 Å². The molecule has 0 aromatic heterocycles. The highest BCUT2D eigenvalue weighted by atomic mass is 19.2. The molecule has 0 heterocycles. The quantitative estimate of drug-likeness (QED) is 0.760. The summed E-state index contributed by atoms with van der Waals surface area (Å²) in [7, 11) is 0.